The van der Waals surface area contributed by atoms with E-state index < -0.39 is 155 Å². The smallest absolute Gasteiger partial charge is 0.342 e. The predicted octanol–water partition coefficient (Wildman–Crippen LogP) is 10.2. The molecule has 23 heteroatoms. The van der Waals surface area contributed by atoms with E-state index >= 15 is 0 Å². The molecule has 4 aliphatic carbocycles. The molecule has 5 heterocycles. The molecule has 1 aromatic heterocycles. The number of nitrogens with zero attached hydrogens (tertiary/aromatic N) is 1. The van der Waals surface area contributed by atoms with Gasteiger partial charge >= 0.3 is 29.8 Å². The van der Waals surface area contributed by atoms with E-state index in [1.807, 2.05) is 65.0 Å². The van der Waals surface area contributed by atoms with Crippen LogP contribution in [0.15, 0.2) is 69.4 Å². The summed E-state index contributed by atoms with van der Waals surface area (Å²) >= 11 is 0. The van der Waals surface area contributed by atoms with Crippen LogP contribution >= 0.6 is 0 Å². The van der Waals surface area contributed by atoms with Gasteiger partial charge in [0.25, 0.3) is 11.7 Å². The Labute approximate surface area is 593 Å². The Morgan fingerprint density at radius 2 is 1.51 bits per heavy atom. The quantitative estimate of drug-likeness (QED) is 0.0993. The molecule has 9 rings (SSSR count). The summed E-state index contributed by atoms with van der Waals surface area (Å²) in [4.78, 5) is 141. The van der Waals surface area contributed by atoms with Crippen LogP contribution in [0.4, 0.5) is 0 Å². The number of ether oxygens (including phenoxy) is 9. The number of allylic oxidation sites excluding steroid dienone is 7. The lowest BCUT2D eigenvalue weighted by Crippen LogP contribution is -2.61. The lowest BCUT2D eigenvalue weighted by atomic mass is 9.54. The third-order valence-electron chi connectivity index (χ3n) is 23.3. The summed E-state index contributed by atoms with van der Waals surface area (Å²) in [7, 11) is 4.41. The molecule has 1 aromatic rings. The summed E-state index contributed by atoms with van der Waals surface area (Å²) in [6, 6.07) is -1.22. The van der Waals surface area contributed by atoms with Crippen molar-refractivity contribution < 1.29 is 105 Å². The second-order valence-electron chi connectivity index (χ2n) is 30.5. The predicted molar refractivity (Wildman–Crippen MR) is 366 cm³/mol. The van der Waals surface area contributed by atoms with Crippen LogP contribution in [0.3, 0.4) is 0 Å². The number of carbonyl (C=O) groups is 10. The molecule has 0 radical (unpaired) electrons. The number of carbonyl (C=O) groups excluding carboxylic acids is 10. The molecule has 0 aromatic carbocycles. The molecule has 4 aliphatic heterocycles. The van der Waals surface area contributed by atoms with Crippen LogP contribution in [0.1, 0.15) is 218 Å². The third kappa shape index (κ3) is 16.9. The van der Waals surface area contributed by atoms with Crippen molar-refractivity contribution in [3.63, 3.8) is 0 Å². The first-order valence-electron chi connectivity index (χ1n) is 36.5. The molecule has 23 nitrogen and oxygen atoms in total. The van der Waals surface area contributed by atoms with Gasteiger partial charge in [-0.15, -0.1) is 0 Å². The monoisotopic (exact) mass is 1410 g/mol. The van der Waals surface area contributed by atoms with E-state index in [4.69, 9.17) is 47.0 Å². The van der Waals surface area contributed by atoms with E-state index in [1.54, 1.807) is 40.9 Å². The van der Waals surface area contributed by atoms with Gasteiger partial charge in [0.2, 0.25) is 11.6 Å². The number of furan rings is 1. The number of Topliss-reactive ketones (excluding diaryl/α,β-unsaturated/α-hetero) is 4. The van der Waals surface area contributed by atoms with Crippen LogP contribution < -0.4 is 0 Å². The van der Waals surface area contributed by atoms with Crippen LogP contribution in [-0.4, -0.2) is 175 Å². The van der Waals surface area contributed by atoms with Crippen molar-refractivity contribution in [2.45, 2.75) is 263 Å². The molecule has 1 amide bonds. The van der Waals surface area contributed by atoms with Crippen LogP contribution in [-0.2, 0) is 86.4 Å². The Hall–Kier alpha value is -6.76. The van der Waals surface area contributed by atoms with Crippen molar-refractivity contribution in [3.05, 3.63) is 81.9 Å². The highest BCUT2D eigenvalue weighted by atomic mass is 16.6. The summed E-state index contributed by atoms with van der Waals surface area (Å²) in [6.45, 7) is 17.6. The number of aliphatic hydroxyl groups is 2. The Balaban J connectivity index is 0.839. The second-order valence-corrected chi connectivity index (χ2v) is 30.5. The number of fused-ring (bicyclic) bond motifs is 6. The van der Waals surface area contributed by atoms with E-state index in [1.165, 1.54) is 32.3 Å². The number of esters is 5. The molecule has 2 saturated carbocycles. The maximum atomic E-state index is 14.7. The van der Waals surface area contributed by atoms with E-state index in [2.05, 4.69) is 0 Å². The van der Waals surface area contributed by atoms with Gasteiger partial charge in [-0.25, -0.2) is 9.59 Å². The lowest BCUT2D eigenvalue weighted by molar-refractivity contribution is -0.265. The van der Waals surface area contributed by atoms with Crippen LogP contribution in [0.5, 0.6) is 0 Å². The van der Waals surface area contributed by atoms with E-state index in [0.717, 1.165) is 5.57 Å². The van der Waals surface area contributed by atoms with Crippen molar-refractivity contribution in [2.24, 2.45) is 46.8 Å². The number of methoxy groups -OCH3 is 3. The van der Waals surface area contributed by atoms with Gasteiger partial charge in [0.05, 0.1) is 30.3 Å². The molecular formula is C78H107NO22. The average molecular weight is 1410 g/mol. The van der Waals surface area contributed by atoms with E-state index in [0.29, 0.717) is 93.8 Å². The number of hydrogen-bond donors (Lipinski definition) is 2. The molecule has 2 saturated heterocycles. The third-order valence-corrected chi connectivity index (χ3v) is 23.3. The zero-order chi connectivity index (χ0) is 73.6. The molecule has 18 atom stereocenters. The molecule has 101 heavy (non-hydrogen) atoms. The number of amides is 1. The van der Waals surface area contributed by atoms with Gasteiger partial charge in [0.1, 0.15) is 54.5 Å². The molecule has 556 valence electrons. The van der Waals surface area contributed by atoms with Crippen molar-refractivity contribution in [3.8, 4) is 0 Å². The SMILES string of the molecule is COC[C@H]1OC(=O)c2coc3c2[C@@]1(C)C1=C(C3=O)C2CC[C@H](OC(=O)CCCC(=O)OC3CCC(C[C@@H](C)[C@@H]4CC(=O)C(C)=CC(C)[C@@H](O)[C@@H](OC)C(=O)[C@H](C)C[C@H](C)C=CC=CC=C(C)[C@@H](OC)C[C@@H]5CC[C@@H](C)[C@@](O)(O5)C(=O)C(=O)N5CCCC[C@H]5C(=O)O4)CC3)[C@@]2(C)C[C@H]1OC(C)=O. The standard InChI is InChI=1S/C78H107NO22/c1-42-20-15-14-16-21-43(2)57(93-12)37-52-28-25-48(7)78(91,101-52)72(87)73(88)79-33-18-17-22-55(79)75(90)98-58(38-56(81)44(3)35-47(6)68(85)71(94-13)67(84)46(5)34-42)45(4)36-50-26-29-51(30-27-50)97-62(82)23-19-24-63(83)99-60-32-31-54-64-66(59(96-49(8)80)39-76(54,60)9)77(10)61(41-92-11)100-74(89)53-40-95-70(65(53)77)69(64)86/h14-16,20-21,35,40,42,45-48,50-52,54-55,57-61,68,71,85,91H,17-19,22-34,36-39,41H2,1-13H3/t42-,45-,46-,47?,48-,50?,51?,52+,54?,55+,57+,58+,59-,60+,61-,68-,71+,76+,77+,78-/m1/s1. The number of rotatable bonds is 14. The highest BCUT2D eigenvalue weighted by Crippen LogP contribution is 2.63. The Morgan fingerprint density at radius 1 is 0.802 bits per heavy atom. The van der Waals surface area contributed by atoms with Crippen molar-refractivity contribution in [2.75, 3.05) is 34.5 Å². The van der Waals surface area contributed by atoms with Crippen LogP contribution in [0.25, 0.3) is 0 Å². The Bertz CT molecular complexity index is 3440. The highest BCUT2D eigenvalue weighted by Gasteiger charge is 2.65. The topological polar surface area (TPSA) is 311 Å². The average Bonchev–Trinajstić information content (AvgIpc) is 1.65. The molecule has 0 spiro atoms. The maximum absolute atomic E-state index is 14.7. The summed E-state index contributed by atoms with van der Waals surface area (Å²) < 4.78 is 59.6. The number of hydrogen-bond acceptors (Lipinski definition) is 22. The van der Waals surface area contributed by atoms with E-state index in [-0.39, 0.29) is 98.4 Å². The molecular weight excluding hydrogens is 1300 g/mol. The summed E-state index contributed by atoms with van der Waals surface area (Å²) in [5.74, 6) is -11.7. The molecule has 2 unspecified atom stereocenters. The number of ketones is 4. The summed E-state index contributed by atoms with van der Waals surface area (Å²) in [5.41, 5.74) is 0.540. The summed E-state index contributed by atoms with van der Waals surface area (Å²) in [6.07, 6.45) is 11.2. The minimum Gasteiger partial charge on any atom is -0.462 e. The second kappa shape index (κ2) is 33.3. The van der Waals surface area contributed by atoms with Crippen LogP contribution in [0, 0.1) is 46.8 Å². The van der Waals surface area contributed by atoms with Gasteiger partial charge in [0.15, 0.2) is 17.3 Å². The highest BCUT2D eigenvalue weighted by molar-refractivity contribution is 6.39. The van der Waals surface area contributed by atoms with Crippen LogP contribution in [0.2, 0.25) is 0 Å². The van der Waals surface area contributed by atoms with Crippen molar-refractivity contribution >= 4 is 58.9 Å². The number of cyclic esters (lactones) is 2. The lowest BCUT2D eigenvalue weighted by Gasteiger charge is -2.52. The van der Waals surface area contributed by atoms with Gasteiger partial charge in [-0.1, -0.05) is 78.0 Å². The fourth-order valence-corrected chi connectivity index (χ4v) is 17.4. The fraction of sp³-hybridized carbons (Fsp3) is 0.692. The molecule has 2 N–H and O–H groups in total. The fourth-order valence-electron chi connectivity index (χ4n) is 17.4. The van der Waals surface area contributed by atoms with Gasteiger partial charge in [-0.05, 0) is 157 Å². The first-order valence-corrected chi connectivity index (χ1v) is 36.5. The number of piperidine rings is 1. The van der Waals surface area contributed by atoms with E-state index in [9.17, 15) is 58.2 Å². The Morgan fingerprint density at radius 3 is 2.20 bits per heavy atom. The molecule has 4 fully saturated rings. The Kier molecular flexibility index (Phi) is 25.9. The van der Waals surface area contributed by atoms with Gasteiger partial charge in [0, 0.05) is 94.8 Å². The van der Waals surface area contributed by atoms with Gasteiger partial charge < -0.3 is 62.2 Å². The van der Waals surface area contributed by atoms with Gasteiger partial charge in [-0.3, -0.25) is 38.4 Å². The minimum absolute atomic E-state index is 0.00828. The van der Waals surface area contributed by atoms with Gasteiger partial charge in [-0.2, -0.15) is 0 Å². The van der Waals surface area contributed by atoms with Crippen molar-refractivity contribution in [1.29, 1.82) is 0 Å². The largest absolute Gasteiger partial charge is 0.462 e. The zero-order valence-electron chi connectivity index (χ0n) is 61.2. The first kappa shape index (κ1) is 78.4. The maximum Gasteiger partial charge on any atom is 0.342 e. The summed E-state index contributed by atoms with van der Waals surface area (Å²) in [5, 5.41) is 23.8. The molecule has 2 bridgehead atoms. The molecule has 8 aliphatic rings. The number of aliphatic hydroxyl groups excluding tert-OH is 1. The normalized spacial score (nSPS) is 36.0. The zero-order valence-corrected chi connectivity index (χ0v) is 61.2. The minimum atomic E-state index is -2.49. The van der Waals surface area contributed by atoms with Crippen molar-refractivity contribution in [1.82, 2.24) is 4.90 Å². The first-order chi connectivity index (χ1) is 47.9.